The molecule has 1 heterocycles. The van der Waals surface area contributed by atoms with Crippen LogP contribution in [0.3, 0.4) is 0 Å². The highest BCUT2D eigenvalue weighted by Crippen LogP contribution is 2.36. The van der Waals surface area contributed by atoms with Gasteiger partial charge in [-0.2, -0.15) is 0 Å². The number of nitrogens with zero attached hydrogens (tertiary/aromatic N) is 1. The van der Waals surface area contributed by atoms with Crippen LogP contribution in [0.4, 0.5) is 5.69 Å². The van der Waals surface area contributed by atoms with Gasteiger partial charge >= 0.3 is 16.9 Å². The molecule has 0 atom stereocenters. The van der Waals surface area contributed by atoms with Gasteiger partial charge in [0.2, 0.25) is 0 Å². The van der Waals surface area contributed by atoms with Gasteiger partial charge in [-0.1, -0.05) is 35.9 Å². The topological polar surface area (TPSA) is 118 Å². The summed E-state index contributed by atoms with van der Waals surface area (Å²) in [6.07, 6.45) is 2.84. The number of nitrogens with one attached hydrogen (secondary N) is 2. The van der Waals surface area contributed by atoms with Crippen molar-refractivity contribution in [3.05, 3.63) is 98.7 Å². The Morgan fingerprint density at radius 3 is 2.30 bits per heavy atom. The number of nitro groups is 1. The van der Waals surface area contributed by atoms with Crippen molar-refractivity contribution in [3.63, 3.8) is 0 Å². The first-order valence-corrected chi connectivity index (χ1v) is 10.2. The second-order valence-corrected chi connectivity index (χ2v) is 8.06. The van der Waals surface area contributed by atoms with Gasteiger partial charge in [-0.25, -0.2) is 4.79 Å². The van der Waals surface area contributed by atoms with Gasteiger partial charge in [0.25, 0.3) is 0 Å². The van der Waals surface area contributed by atoms with Crippen molar-refractivity contribution in [1.82, 2.24) is 9.97 Å². The molecule has 0 spiro atoms. The van der Waals surface area contributed by atoms with Crippen molar-refractivity contribution in [2.75, 3.05) is 0 Å². The molecule has 0 radical (unpaired) electrons. The number of hydrogen-bond acceptors (Lipinski definition) is 5. The van der Waals surface area contributed by atoms with E-state index in [1.54, 1.807) is 12.1 Å². The standard InChI is InChI=1S/C20H15Br2N3O5/c1-11-2-4-12(5-3-11)10-30-18-14(21)8-13(9-15(18)22)6-7-16-17(25(28)29)19(26)24-20(27)23-16/h2-9H,10H2,1H3,(H2,23,24,26,27)/b7-6+. The van der Waals surface area contributed by atoms with E-state index >= 15 is 0 Å². The Hall–Kier alpha value is -2.98. The molecule has 8 nitrogen and oxygen atoms in total. The maximum absolute atomic E-state index is 11.7. The van der Waals surface area contributed by atoms with Crippen molar-refractivity contribution in [1.29, 1.82) is 0 Å². The highest BCUT2D eigenvalue weighted by molar-refractivity contribution is 9.11. The minimum Gasteiger partial charge on any atom is -0.487 e. The Labute approximate surface area is 187 Å². The van der Waals surface area contributed by atoms with E-state index in [9.17, 15) is 19.7 Å². The van der Waals surface area contributed by atoms with E-state index in [1.807, 2.05) is 36.2 Å². The number of rotatable bonds is 6. The molecule has 30 heavy (non-hydrogen) atoms. The molecular formula is C20H15Br2N3O5. The monoisotopic (exact) mass is 535 g/mol. The van der Waals surface area contributed by atoms with Crippen LogP contribution in [0.25, 0.3) is 12.2 Å². The van der Waals surface area contributed by atoms with Crippen LogP contribution < -0.4 is 16.0 Å². The van der Waals surface area contributed by atoms with Crippen LogP contribution in [0.1, 0.15) is 22.4 Å². The van der Waals surface area contributed by atoms with Crippen LogP contribution in [-0.2, 0) is 6.61 Å². The molecule has 3 aromatic rings. The second-order valence-electron chi connectivity index (χ2n) is 6.35. The summed E-state index contributed by atoms with van der Waals surface area (Å²) >= 11 is 6.92. The van der Waals surface area contributed by atoms with E-state index in [1.165, 1.54) is 17.7 Å². The van der Waals surface area contributed by atoms with Gasteiger partial charge in [-0.15, -0.1) is 0 Å². The molecule has 0 saturated heterocycles. The van der Waals surface area contributed by atoms with Crippen LogP contribution in [0, 0.1) is 17.0 Å². The number of aromatic amines is 2. The summed E-state index contributed by atoms with van der Waals surface area (Å²) < 4.78 is 7.22. The van der Waals surface area contributed by atoms with Crippen molar-refractivity contribution in [2.24, 2.45) is 0 Å². The molecule has 0 aliphatic rings. The summed E-state index contributed by atoms with van der Waals surface area (Å²) in [7, 11) is 0. The molecular weight excluding hydrogens is 522 g/mol. The maximum atomic E-state index is 11.7. The Bertz CT molecular complexity index is 1220. The van der Waals surface area contributed by atoms with Crippen LogP contribution in [-0.4, -0.2) is 14.9 Å². The molecule has 0 aliphatic carbocycles. The molecule has 1 aromatic heterocycles. The van der Waals surface area contributed by atoms with Crippen LogP contribution in [0.15, 0.2) is 54.9 Å². The fraction of sp³-hybridized carbons (Fsp3) is 0.100. The first kappa shape index (κ1) is 21.7. The first-order chi connectivity index (χ1) is 14.2. The third-order valence-electron chi connectivity index (χ3n) is 4.09. The predicted octanol–water partition coefficient (Wildman–Crippen LogP) is 4.55. The fourth-order valence-electron chi connectivity index (χ4n) is 2.63. The van der Waals surface area contributed by atoms with E-state index in [0.717, 1.165) is 5.56 Å². The zero-order chi connectivity index (χ0) is 21.8. The predicted molar refractivity (Wildman–Crippen MR) is 121 cm³/mol. The average molecular weight is 537 g/mol. The Balaban J connectivity index is 1.85. The smallest absolute Gasteiger partial charge is 0.357 e. The molecule has 10 heteroatoms. The number of halogens is 2. The fourth-order valence-corrected chi connectivity index (χ4v) is 4.08. The van der Waals surface area contributed by atoms with Gasteiger partial charge in [0.05, 0.1) is 13.9 Å². The van der Waals surface area contributed by atoms with Gasteiger partial charge in [0.15, 0.2) is 0 Å². The van der Waals surface area contributed by atoms with Crippen LogP contribution >= 0.6 is 31.9 Å². The number of aryl methyl sites for hydroxylation is 1. The molecule has 2 N–H and O–H groups in total. The third-order valence-corrected chi connectivity index (χ3v) is 5.27. The zero-order valence-electron chi connectivity index (χ0n) is 15.6. The molecule has 0 amide bonds. The van der Waals surface area contributed by atoms with Crippen molar-refractivity contribution >= 4 is 49.7 Å². The largest absolute Gasteiger partial charge is 0.487 e. The van der Waals surface area contributed by atoms with Gasteiger partial charge < -0.3 is 9.72 Å². The summed E-state index contributed by atoms with van der Waals surface area (Å²) in [5, 5.41) is 11.1. The van der Waals surface area contributed by atoms with E-state index < -0.39 is 21.9 Å². The lowest BCUT2D eigenvalue weighted by molar-refractivity contribution is -0.386. The van der Waals surface area contributed by atoms with Crippen LogP contribution in [0.2, 0.25) is 0 Å². The van der Waals surface area contributed by atoms with Gasteiger partial charge in [0.1, 0.15) is 18.1 Å². The average Bonchev–Trinajstić information content (AvgIpc) is 2.66. The molecule has 0 saturated carbocycles. The highest BCUT2D eigenvalue weighted by Gasteiger charge is 2.19. The van der Waals surface area contributed by atoms with Crippen molar-refractivity contribution < 1.29 is 9.66 Å². The molecule has 0 fully saturated rings. The Morgan fingerprint density at radius 1 is 1.07 bits per heavy atom. The lowest BCUT2D eigenvalue weighted by Gasteiger charge is -2.11. The Kier molecular flexibility index (Phi) is 6.68. The summed E-state index contributed by atoms with van der Waals surface area (Å²) in [6.45, 7) is 2.40. The van der Waals surface area contributed by atoms with E-state index in [-0.39, 0.29) is 5.69 Å². The highest BCUT2D eigenvalue weighted by atomic mass is 79.9. The van der Waals surface area contributed by atoms with Gasteiger partial charge in [-0.05, 0) is 68.1 Å². The molecule has 154 valence electrons. The van der Waals surface area contributed by atoms with E-state index in [0.29, 0.717) is 26.9 Å². The number of ether oxygens (including phenoxy) is 1. The van der Waals surface area contributed by atoms with E-state index in [2.05, 4.69) is 36.8 Å². The molecule has 0 aliphatic heterocycles. The number of H-pyrrole nitrogens is 2. The third kappa shape index (κ3) is 5.14. The minimum atomic E-state index is -1.06. The lowest BCUT2D eigenvalue weighted by Crippen LogP contribution is -2.25. The number of hydrogen-bond donors (Lipinski definition) is 2. The normalized spacial score (nSPS) is 11.0. The van der Waals surface area contributed by atoms with Crippen molar-refractivity contribution in [2.45, 2.75) is 13.5 Å². The summed E-state index contributed by atoms with van der Waals surface area (Å²) in [5.74, 6) is 0.600. The van der Waals surface area contributed by atoms with Crippen LogP contribution in [0.5, 0.6) is 5.75 Å². The summed E-state index contributed by atoms with van der Waals surface area (Å²) in [6, 6.07) is 11.5. The lowest BCUT2D eigenvalue weighted by atomic mass is 10.1. The second kappa shape index (κ2) is 9.23. The summed E-state index contributed by atoms with van der Waals surface area (Å²) in [5.41, 5.74) is 0.0286. The minimum absolute atomic E-state index is 0.194. The first-order valence-electron chi connectivity index (χ1n) is 8.61. The SMILES string of the molecule is Cc1ccc(COc2c(Br)cc(/C=C/c3[nH]c(=O)[nH]c(=O)c3[N+](=O)[O-])cc2Br)cc1. The van der Waals surface area contributed by atoms with Crippen molar-refractivity contribution in [3.8, 4) is 5.75 Å². The molecule has 2 aromatic carbocycles. The van der Waals surface area contributed by atoms with Gasteiger partial charge in [-0.3, -0.25) is 19.9 Å². The van der Waals surface area contributed by atoms with E-state index in [4.69, 9.17) is 4.74 Å². The number of aromatic nitrogens is 2. The molecule has 0 bridgehead atoms. The van der Waals surface area contributed by atoms with Gasteiger partial charge in [0, 0.05) is 0 Å². The molecule has 3 rings (SSSR count). The summed E-state index contributed by atoms with van der Waals surface area (Å²) in [4.78, 5) is 37.5. The number of benzene rings is 2. The zero-order valence-corrected chi connectivity index (χ0v) is 18.7. The maximum Gasteiger partial charge on any atom is 0.357 e. The Morgan fingerprint density at radius 2 is 1.70 bits per heavy atom. The quantitative estimate of drug-likeness (QED) is 0.354. The molecule has 0 unspecified atom stereocenters.